The Labute approximate surface area is 201 Å². The van der Waals surface area contributed by atoms with Crippen molar-refractivity contribution in [3.63, 3.8) is 0 Å². The standard InChI is InChI=1S/C24H20N6O4S/c25-30(35(33,34)20-6-2-1-3-7-20)29-24(32)28-18-12-10-17(11-13-18)23(31)15-14-19-16-26-21-8-4-5-9-22(21)27-19/h1-16H,25H2,(H2,28,29,32). The van der Waals surface area contributed by atoms with Crippen molar-refractivity contribution in [2.75, 3.05) is 5.32 Å². The van der Waals surface area contributed by atoms with Crippen LogP contribution in [0.2, 0.25) is 0 Å². The number of rotatable bonds is 7. The Kier molecular flexibility index (Phi) is 6.92. The van der Waals surface area contributed by atoms with Crippen LogP contribution >= 0.6 is 0 Å². The van der Waals surface area contributed by atoms with Gasteiger partial charge in [0, 0.05) is 11.3 Å². The topological polar surface area (TPSA) is 147 Å². The molecule has 176 valence electrons. The van der Waals surface area contributed by atoms with Crippen LogP contribution in [0.25, 0.3) is 17.1 Å². The summed E-state index contributed by atoms with van der Waals surface area (Å²) >= 11 is 0. The van der Waals surface area contributed by atoms with Crippen LogP contribution in [0.3, 0.4) is 0 Å². The zero-order chi connectivity index (χ0) is 24.8. The number of para-hydroxylation sites is 2. The number of amides is 2. The lowest BCUT2D eigenvalue weighted by Crippen LogP contribution is -2.51. The van der Waals surface area contributed by atoms with E-state index in [0.29, 0.717) is 16.9 Å². The first-order valence-corrected chi connectivity index (χ1v) is 11.7. The Balaban J connectivity index is 1.36. The third-order valence-corrected chi connectivity index (χ3v) is 6.29. The summed E-state index contributed by atoms with van der Waals surface area (Å²) in [6.45, 7) is 0. The number of anilines is 1. The number of hydrogen-bond acceptors (Lipinski definition) is 7. The van der Waals surface area contributed by atoms with E-state index in [1.807, 2.05) is 29.7 Å². The van der Waals surface area contributed by atoms with Crippen LogP contribution in [-0.2, 0) is 10.0 Å². The molecule has 0 aliphatic rings. The number of nitrogens with two attached hydrogens (primary N) is 1. The molecule has 1 aromatic heterocycles. The van der Waals surface area contributed by atoms with E-state index in [9.17, 15) is 18.0 Å². The Bertz CT molecular complexity index is 1510. The number of carbonyl (C=O) groups excluding carboxylic acids is 2. The SMILES string of the molecule is NN(NC(=O)Nc1ccc(C(=O)C=Cc2cnc3ccccc3n2)cc1)S(=O)(=O)c1ccccc1. The molecule has 35 heavy (non-hydrogen) atoms. The molecule has 1 heterocycles. The first-order chi connectivity index (χ1) is 16.8. The molecule has 0 aliphatic carbocycles. The lowest BCUT2D eigenvalue weighted by Gasteiger charge is -2.17. The average molecular weight is 489 g/mol. The minimum atomic E-state index is -4.11. The van der Waals surface area contributed by atoms with Gasteiger partial charge in [-0.3, -0.25) is 9.78 Å². The summed E-state index contributed by atoms with van der Waals surface area (Å²) < 4.78 is 25.0. The molecule has 0 spiro atoms. The molecule has 10 nitrogen and oxygen atoms in total. The number of allylic oxidation sites excluding steroid dienone is 1. The number of hydrogen-bond donors (Lipinski definition) is 3. The normalized spacial score (nSPS) is 11.6. The highest BCUT2D eigenvalue weighted by atomic mass is 32.2. The Hall–Kier alpha value is -4.45. The molecule has 0 saturated carbocycles. The van der Waals surface area contributed by atoms with Crippen molar-refractivity contribution >= 4 is 44.6 Å². The molecule has 0 bridgehead atoms. The van der Waals surface area contributed by atoms with E-state index in [2.05, 4.69) is 15.3 Å². The molecule has 0 radical (unpaired) electrons. The molecule has 0 unspecified atom stereocenters. The fourth-order valence-electron chi connectivity index (χ4n) is 3.05. The van der Waals surface area contributed by atoms with E-state index in [1.54, 1.807) is 18.3 Å². The van der Waals surface area contributed by atoms with Gasteiger partial charge in [0.2, 0.25) is 0 Å². The fraction of sp³-hybridized carbons (Fsp3) is 0. The van der Waals surface area contributed by atoms with Gasteiger partial charge in [0.05, 0.1) is 27.8 Å². The highest BCUT2D eigenvalue weighted by Gasteiger charge is 2.23. The van der Waals surface area contributed by atoms with Gasteiger partial charge in [-0.05, 0) is 65.2 Å². The Morgan fingerprint density at radius 2 is 1.54 bits per heavy atom. The van der Waals surface area contributed by atoms with Gasteiger partial charge < -0.3 is 5.32 Å². The lowest BCUT2D eigenvalue weighted by atomic mass is 10.1. The number of urea groups is 1. The molecule has 4 aromatic rings. The molecule has 4 rings (SSSR count). The van der Waals surface area contributed by atoms with Gasteiger partial charge >= 0.3 is 6.03 Å². The summed E-state index contributed by atoms with van der Waals surface area (Å²) in [5.41, 5.74) is 4.78. The van der Waals surface area contributed by atoms with Crippen molar-refractivity contribution in [1.29, 1.82) is 0 Å². The first-order valence-electron chi connectivity index (χ1n) is 10.3. The summed E-state index contributed by atoms with van der Waals surface area (Å²) in [4.78, 5) is 33.3. The van der Waals surface area contributed by atoms with Crippen LogP contribution in [0.5, 0.6) is 0 Å². The van der Waals surface area contributed by atoms with Gasteiger partial charge in [-0.25, -0.2) is 29.5 Å². The quantitative estimate of drug-likeness (QED) is 0.157. The highest BCUT2D eigenvalue weighted by Crippen LogP contribution is 2.14. The number of nitrogens with zero attached hydrogens (tertiary/aromatic N) is 3. The monoisotopic (exact) mass is 488 g/mol. The number of nitrogens with one attached hydrogen (secondary N) is 2. The zero-order valence-electron chi connectivity index (χ0n) is 18.2. The predicted octanol–water partition coefficient (Wildman–Crippen LogP) is 3.13. The molecule has 0 atom stereocenters. The minimum absolute atomic E-state index is 0.0756. The van der Waals surface area contributed by atoms with Crippen molar-refractivity contribution in [3.8, 4) is 0 Å². The minimum Gasteiger partial charge on any atom is -0.307 e. The van der Waals surface area contributed by atoms with Gasteiger partial charge in [-0.2, -0.15) is 0 Å². The van der Waals surface area contributed by atoms with Crippen LogP contribution in [0.15, 0.2) is 96.0 Å². The van der Waals surface area contributed by atoms with E-state index >= 15 is 0 Å². The van der Waals surface area contributed by atoms with Gasteiger partial charge in [0.1, 0.15) is 0 Å². The van der Waals surface area contributed by atoms with Crippen molar-refractivity contribution < 1.29 is 18.0 Å². The highest BCUT2D eigenvalue weighted by molar-refractivity contribution is 7.89. The number of hydrazine groups is 2. The Morgan fingerprint density at radius 3 is 2.26 bits per heavy atom. The van der Waals surface area contributed by atoms with Gasteiger partial charge in [0.25, 0.3) is 10.0 Å². The number of aromatic nitrogens is 2. The Morgan fingerprint density at radius 1 is 0.886 bits per heavy atom. The second-order valence-electron chi connectivity index (χ2n) is 7.24. The molecule has 4 N–H and O–H groups in total. The van der Waals surface area contributed by atoms with Crippen LogP contribution in [0, 0.1) is 0 Å². The van der Waals surface area contributed by atoms with Gasteiger partial charge in [0.15, 0.2) is 5.78 Å². The average Bonchev–Trinajstić information content (AvgIpc) is 2.88. The van der Waals surface area contributed by atoms with Crippen molar-refractivity contribution in [1.82, 2.24) is 19.9 Å². The van der Waals surface area contributed by atoms with Crippen LogP contribution in [-0.4, -0.2) is 34.7 Å². The van der Waals surface area contributed by atoms with E-state index in [1.165, 1.54) is 54.6 Å². The number of carbonyl (C=O) groups is 2. The maximum Gasteiger partial charge on any atom is 0.335 e. The molecule has 0 fully saturated rings. The van der Waals surface area contributed by atoms with E-state index in [4.69, 9.17) is 5.84 Å². The molecular formula is C24H20N6O4S. The molecular weight excluding hydrogens is 468 g/mol. The van der Waals surface area contributed by atoms with E-state index in [-0.39, 0.29) is 15.2 Å². The third kappa shape index (κ3) is 5.73. The van der Waals surface area contributed by atoms with Crippen LogP contribution in [0.4, 0.5) is 10.5 Å². The van der Waals surface area contributed by atoms with Gasteiger partial charge in [-0.1, -0.05) is 30.3 Å². The van der Waals surface area contributed by atoms with Gasteiger partial charge in [-0.15, -0.1) is 0 Å². The largest absolute Gasteiger partial charge is 0.335 e. The number of ketones is 1. The molecule has 2 amide bonds. The summed E-state index contributed by atoms with van der Waals surface area (Å²) in [5.74, 6) is 5.26. The maximum absolute atomic E-state index is 12.5. The maximum atomic E-state index is 12.5. The van der Waals surface area contributed by atoms with Crippen LogP contribution < -0.4 is 16.6 Å². The fourth-order valence-corrected chi connectivity index (χ4v) is 3.98. The zero-order valence-corrected chi connectivity index (χ0v) is 19.0. The van der Waals surface area contributed by atoms with Crippen molar-refractivity contribution in [2.45, 2.75) is 4.90 Å². The first kappa shape index (κ1) is 23.7. The molecule has 0 saturated heterocycles. The predicted molar refractivity (Wildman–Crippen MR) is 131 cm³/mol. The smallest absolute Gasteiger partial charge is 0.307 e. The number of benzene rings is 3. The van der Waals surface area contributed by atoms with Crippen LogP contribution in [0.1, 0.15) is 16.1 Å². The molecule has 11 heteroatoms. The number of sulfonamides is 1. The molecule has 0 aliphatic heterocycles. The summed E-state index contributed by atoms with van der Waals surface area (Å²) in [6.07, 6.45) is 4.54. The number of fused-ring (bicyclic) bond motifs is 1. The van der Waals surface area contributed by atoms with Crippen molar-refractivity contribution in [2.24, 2.45) is 5.84 Å². The third-order valence-electron chi connectivity index (χ3n) is 4.81. The summed E-state index contributed by atoms with van der Waals surface area (Å²) in [7, 11) is -4.11. The van der Waals surface area contributed by atoms with Crippen molar-refractivity contribution in [3.05, 3.63) is 102 Å². The van der Waals surface area contributed by atoms with E-state index < -0.39 is 16.1 Å². The second kappa shape index (κ2) is 10.2. The summed E-state index contributed by atoms with van der Waals surface area (Å²) in [5, 5.41) is 2.45. The van der Waals surface area contributed by atoms with E-state index in [0.717, 1.165) is 11.0 Å². The summed E-state index contributed by atoms with van der Waals surface area (Å²) in [6, 6.07) is 20.0. The second-order valence-corrected chi connectivity index (χ2v) is 9.05. The molecule has 3 aromatic carbocycles. The lowest BCUT2D eigenvalue weighted by molar-refractivity contribution is 0.104.